The van der Waals surface area contributed by atoms with Gasteiger partial charge < -0.3 is 10.5 Å². The average Bonchev–Trinajstić information content (AvgIpc) is 1.99. The molecule has 0 amide bonds. The summed E-state index contributed by atoms with van der Waals surface area (Å²) in [7, 11) is -1.61. The molecule has 0 unspecified atom stereocenters. The Morgan fingerprint density at radius 2 is 1.92 bits per heavy atom. The molecule has 3 nitrogen and oxygen atoms in total. The highest BCUT2D eigenvalue weighted by Gasteiger charge is 2.23. The van der Waals surface area contributed by atoms with Crippen LogP contribution in [0, 0.1) is 0 Å². The predicted octanol–water partition coefficient (Wildman–Crippen LogP) is 1.24. The van der Waals surface area contributed by atoms with Crippen LogP contribution in [0.15, 0.2) is 4.99 Å². The lowest BCUT2D eigenvalue weighted by molar-refractivity contribution is -0.111. The Balaban J connectivity index is 4.07. The summed E-state index contributed by atoms with van der Waals surface area (Å²) in [4.78, 5) is 15.8. The largest absolute Gasteiger partial charge is 0.329 e. The Bertz CT molecular complexity index is 206. The second-order valence-corrected chi connectivity index (χ2v) is 9.31. The SMILES string of the molecule is C/C(CC(=O)[Si](C)(C)C)=N\CCN. The summed E-state index contributed by atoms with van der Waals surface area (Å²) in [5, 5.41) is 0.366. The zero-order valence-electron chi connectivity index (χ0n) is 9.05. The van der Waals surface area contributed by atoms with Crippen molar-refractivity contribution in [3.05, 3.63) is 0 Å². The van der Waals surface area contributed by atoms with E-state index in [-0.39, 0.29) is 0 Å². The normalized spacial score (nSPS) is 13.2. The fourth-order valence-electron chi connectivity index (χ4n) is 0.809. The lowest BCUT2D eigenvalue weighted by Crippen LogP contribution is -2.34. The van der Waals surface area contributed by atoms with Crippen LogP contribution >= 0.6 is 0 Å². The molecule has 0 rings (SSSR count). The van der Waals surface area contributed by atoms with Gasteiger partial charge in [-0.3, -0.25) is 4.99 Å². The molecule has 0 fully saturated rings. The van der Waals surface area contributed by atoms with Crippen molar-refractivity contribution in [1.29, 1.82) is 0 Å². The lowest BCUT2D eigenvalue weighted by atomic mass is 10.3. The van der Waals surface area contributed by atoms with Crippen LogP contribution in [0.1, 0.15) is 13.3 Å². The van der Waals surface area contributed by atoms with E-state index in [4.69, 9.17) is 5.73 Å². The van der Waals surface area contributed by atoms with Gasteiger partial charge >= 0.3 is 0 Å². The van der Waals surface area contributed by atoms with Crippen LogP contribution in [0.5, 0.6) is 0 Å². The first-order chi connectivity index (χ1) is 5.88. The maximum absolute atomic E-state index is 11.6. The number of rotatable bonds is 5. The van der Waals surface area contributed by atoms with Crippen LogP contribution in [0.4, 0.5) is 0 Å². The Morgan fingerprint density at radius 1 is 1.38 bits per heavy atom. The highest BCUT2D eigenvalue weighted by atomic mass is 28.3. The number of carbonyl (C=O) groups excluding carboxylic acids is 1. The minimum Gasteiger partial charge on any atom is -0.329 e. The van der Waals surface area contributed by atoms with Crippen LogP contribution in [0.3, 0.4) is 0 Å². The van der Waals surface area contributed by atoms with E-state index >= 15 is 0 Å². The van der Waals surface area contributed by atoms with E-state index in [1.165, 1.54) is 0 Å². The average molecular weight is 200 g/mol. The molecule has 0 spiro atoms. The second-order valence-electron chi connectivity index (χ2n) is 4.26. The van der Waals surface area contributed by atoms with E-state index in [2.05, 4.69) is 24.6 Å². The Kier molecular flexibility index (Phi) is 5.09. The van der Waals surface area contributed by atoms with E-state index in [0.717, 1.165) is 5.71 Å². The topological polar surface area (TPSA) is 55.5 Å². The number of hydrogen-bond acceptors (Lipinski definition) is 3. The van der Waals surface area contributed by atoms with Crippen molar-refractivity contribution in [1.82, 2.24) is 0 Å². The summed E-state index contributed by atoms with van der Waals surface area (Å²) in [5.41, 5.74) is 6.22. The molecule has 0 bridgehead atoms. The molecule has 4 heteroatoms. The first-order valence-electron chi connectivity index (χ1n) is 4.61. The minimum absolute atomic E-state index is 0.366. The van der Waals surface area contributed by atoms with Gasteiger partial charge in [-0.05, 0) is 6.92 Å². The lowest BCUT2D eigenvalue weighted by Gasteiger charge is -2.13. The maximum Gasteiger partial charge on any atom is 0.124 e. The number of nitrogens with zero attached hydrogens (tertiary/aromatic N) is 1. The van der Waals surface area contributed by atoms with Gasteiger partial charge in [-0.2, -0.15) is 0 Å². The summed E-state index contributed by atoms with van der Waals surface area (Å²) in [6.45, 7) is 9.26. The predicted molar refractivity (Wildman–Crippen MR) is 60.0 cm³/mol. The van der Waals surface area contributed by atoms with Gasteiger partial charge in [0.1, 0.15) is 13.5 Å². The van der Waals surface area contributed by atoms with Gasteiger partial charge in [-0.25, -0.2) is 0 Å². The fraction of sp³-hybridized carbons (Fsp3) is 0.778. The van der Waals surface area contributed by atoms with Crippen LogP contribution in [-0.4, -0.2) is 32.3 Å². The number of aliphatic imine (C=N–C) groups is 1. The Morgan fingerprint density at radius 3 is 2.31 bits per heavy atom. The molecule has 0 aromatic rings. The van der Waals surface area contributed by atoms with Crippen LogP contribution in [0.25, 0.3) is 0 Å². The van der Waals surface area contributed by atoms with Crippen LogP contribution in [-0.2, 0) is 4.79 Å². The first-order valence-corrected chi connectivity index (χ1v) is 8.11. The zero-order valence-corrected chi connectivity index (χ0v) is 10.1. The maximum atomic E-state index is 11.6. The fourth-order valence-corrected chi connectivity index (χ4v) is 1.60. The molecule has 0 saturated carbocycles. The van der Waals surface area contributed by atoms with E-state index < -0.39 is 8.07 Å². The van der Waals surface area contributed by atoms with Crippen LogP contribution < -0.4 is 5.73 Å². The van der Waals surface area contributed by atoms with Crippen molar-refractivity contribution in [2.75, 3.05) is 13.1 Å². The van der Waals surface area contributed by atoms with Crippen molar-refractivity contribution in [2.45, 2.75) is 33.0 Å². The van der Waals surface area contributed by atoms with E-state index in [0.29, 0.717) is 24.9 Å². The quantitative estimate of drug-likeness (QED) is 0.536. The highest BCUT2D eigenvalue weighted by molar-refractivity contribution is 7.03. The van der Waals surface area contributed by atoms with Crippen molar-refractivity contribution in [2.24, 2.45) is 10.7 Å². The summed E-state index contributed by atoms with van der Waals surface area (Å²) < 4.78 is 0. The first kappa shape index (κ1) is 12.5. The molecular formula is C9H20N2OSi. The van der Waals surface area contributed by atoms with Gasteiger partial charge in [-0.15, -0.1) is 0 Å². The third kappa shape index (κ3) is 5.71. The van der Waals surface area contributed by atoms with Gasteiger partial charge in [0.05, 0.1) is 6.54 Å². The number of hydrogen-bond donors (Lipinski definition) is 1. The molecule has 13 heavy (non-hydrogen) atoms. The number of nitrogens with two attached hydrogens (primary N) is 1. The molecule has 0 aliphatic rings. The Hall–Kier alpha value is -0.483. The third-order valence-corrected chi connectivity index (χ3v) is 3.61. The molecule has 0 aromatic carbocycles. The van der Waals surface area contributed by atoms with E-state index in [9.17, 15) is 4.79 Å². The van der Waals surface area contributed by atoms with Crippen molar-refractivity contribution in [3.63, 3.8) is 0 Å². The van der Waals surface area contributed by atoms with Gasteiger partial charge in [0.15, 0.2) is 0 Å². The molecule has 0 atom stereocenters. The van der Waals surface area contributed by atoms with Crippen molar-refractivity contribution >= 4 is 19.2 Å². The smallest absolute Gasteiger partial charge is 0.124 e. The third-order valence-electron chi connectivity index (χ3n) is 1.76. The summed E-state index contributed by atoms with van der Waals surface area (Å²) >= 11 is 0. The van der Waals surface area contributed by atoms with Gasteiger partial charge in [0.2, 0.25) is 0 Å². The standard InChI is InChI=1S/C9H20N2OSi/c1-8(11-6-5-10)7-9(12)13(2,3)4/h5-7,10H2,1-4H3/b11-8+. The number of carbonyl (C=O) groups is 1. The minimum atomic E-state index is -1.61. The van der Waals surface area contributed by atoms with Gasteiger partial charge in [0.25, 0.3) is 0 Å². The molecule has 0 radical (unpaired) electrons. The van der Waals surface area contributed by atoms with E-state index in [1.54, 1.807) is 0 Å². The van der Waals surface area contributed by atoms with Gasteiger partial charge in [-0.1, -0.05) is 19.6 Å². The second kappa shape index (κ2) is 5.29. The highest BCUT2D eigenvalue weighted by Crippen LogP contribution is 2.05. The molecular weight excluding hydrogens is 180 g/mol. The molecule has 2 N–H and O–H groups in total. The van der Waals surface area contributed by atoms with E-state index in [1.807, 2.05) is 6.92 Å². The summed E-state index contributed by atoms with van der Waals surface area (Å²) in [5.74, 6) is 0. The summed E-state index contributed by atoms with van der Waals surface area (Å²) in [6, 6.07) is 0. The molecule has 0 saturated heterocycles. The zero-order chi connectivity index (χ0) is 10.5. The Labute approximate surface area is 81.4 Å². The molecule has 0 heterocycles. The van der Waals surface area contributed by atoms with Crippen molar-refractivity contribution < 1.29 is 4.79 Å². The molecule has 0 aromatic heterocycles. The molecule has 76 valence electrons. The molecule has 0 aliphatic heterocycles. The van der Waals surface area contributed by atoms with Crippen molar-refractivity contribution in [3.8, 4) is 0 Å². The molecule has 0 aliphatic carbocycles. The summed E-state index contributed by atoms with van der Waals surface area (Å²) in [6.07, 6.45) is 0.510. The van der Waals surface area contributed by atoms with Crippen LogP contribution in [0.2, 0.25) is 19.6 Å². The monoisotopic (exact) mass is 200 g/mol. The van der Waals surface area contributed by atoms with Gasteiger partial charge in [0, 0.05) is 18.7 Å².